The van der Waals surface area contributed by atoms with Crippen molar-refractivity contribution in [3.63, 3.8) is 0 Å². The topological polar surface area (TPSA) is 42.7 Å². The van der Waals surface area contributed by atoms with Crippen LogP contribution in [0.5, 0.6) is 0 Å². The van der Waals surface area contributed by atoms with Gasteiger partial charge in [-0.2, -0.15) is 5.10 Å². The first-order valence-corrected chi connectivity index (χ1v) is 6.86. The Hall–Kier alpha value is -1.68. The van der Waals surface area contributed by atoms with Crippen molar-refractivity contribution in [1.29, 1.82) is 0 Å². The summed E-state index contributed by atoms with van der Waals surface area (Å²) >= 11 is 0. The average molecular weight is 256 g/mol. The van der Waals surface area contributed by atoms with Crippen LogP contribution in [-0.4, -0.2) is 20.8 Å². The zero-order chi connectivity index (χ0) is 13.4. The number of pyridine rings is 1. The molecule has 3 rings (SSSR count). The normalized spacial score (nSPS) is 14.9. The average Bonchev–Trinajstić information content (AvgIpc) is 3.15. The number of hydrogen-bond acceptors (Lipinski definition) is 3. The maximum atomic E-state index is 4.63. The molecule has 1 N–H and O–H groups in total. The predicted molar refractivity (Wildman–Crippen MR) is 75.4 cm³/mol. The van der Waals surface area contributed by atoms with Crippen molar-refractivity contribution in [2.24, 2.45) is 0 Å². The van der Waals surface area contributed by atoms with Gasteiger partial charge in [-0.3, -0.25) is 0 Å². The fourth-order valence-electron chi connectivity index (χ4n) is 2.32. The molecule has 1 aliphatic carbocycles. The highest BCUT2D eigenvalue weighted by atomic mass is 15.3. The summed E-state index contributed by atoms with van der Waals surface area (Å²) in [4.78, 5) is 4.41. The summed E-state index contributed by atoms with van der Waals surface area (Å²) in [6.07, 6.45) is 4.46. The molecule has 0 radical (unpaired) electrons. The number of rotatable bonds is 4. The van der Waals surface area contributed by atoms with Gasteiger partial charge >= 0.3 is 0 Å². The van der Waals surface area contributed by atoms with Crippen LogP contribution in [0.4, 0.5) is 0 Å². The summed E-state index contributed by atoms with van der Waals surface area (Å²) in [6.45, 7) is 7.18. The monoisotopic (exact) mass is 256 g/mol. The van der Waals surface area contributed by atoms with Crippen molar-refractivity contribution in [3.8, 4) is 5.82 Å². The maximum absolute atomic E-state index is 4.63. The van der Waals surface area contributed by atoms with Crippen LogP contribution in [0.2, 0.25) is 0 Å². The molecule has 4 heteroatoms. The predicted octanol–water partition coefficient (Wildman–Crippen LogP) is 2.44. The van der Waals surface area contributed by atoms with E-state index in [2.05, 4.69) is 42.2 Å². The minimum atomic E-state index is 0.722. The Morgan fingerprint density at radius 2 is 2.11 bits per heavy atom. The molecule has 0 atom stereocenters. The van der Waals surface area contributed by atoms with E-state index in [0.29, 0.717) is 0 Å². The van der Waals surface area contributed by atoms with E-state index in [-0.39, 0.29) is 0 Å². The van der Waals surface area contributed by atoms with Crippen LogP contribution in [0.15, 0.2) is 18.3 Å². The van der Waals surface area contributed by atoms with Gasteiger partial charge < -0.3 is 5.32 Å². The van der Waals surface area contributed by atoms with Gasteiger partial charge in [0, 0.05) is 30.0 Å². The summed E-state index contributed by atoms with van der Waals surface area (Å²) in [7, 11) is 0. The zero-order valence-electron chi connectivity index (χ0n) is 11.8. The van der Waals surface area contributed by atoms with E-state index in [1.807, 2.05) is 16.9 Å². The number of aromatic nitrogens is 3. The lowest BCUT2D eigenvalue weighted by Crippen LogP contribution is -2.16. The minimum absolute atomic E-state index is 0.722. The highest BCUT2D eigenvalue weighted by Crippen LogP contribution is 2.22. The molecule has 4 nitrogen and oxygen atoms in total. The molecule has 0 bridgehead atoms. The smallest absolute Gasteiger partial charge is 0.153 e. The summed E-state index contributed by atoms with van der Waals surface area (Å²) in [5.74, 6) is 0.901. The Labute approximate surface area is 113 Å². The molecular formula is C15H20N4. The third kappa shape index (κ3) is 2.54. The molecule has 0 unspecified atom stereocenters. The third-order valence-electron chi connectivity index (χ3n) is 3.70. The van der Waals surface area contributed by atoms with Gasteiger partial charge in [-0.25, -0.2) is 9.67 Å². The van der Waals surface area contributed by atoms with Crippen molar-refractivity contribution in [2.45, 2.75) is 46.2 Å². The number of hydrogen-bond donors (Lipinski definition) is 1. The molecule has 1 saturated carbocycles. The first-order valence-electron chi connectivity index (χ1n) is 6.86. The molecule has 2 aromatic rings. The second-order valence-electron chi connectivity index (χ2n) is 5.41. The molecule has 2 heterocycles. The summed E-state index contributed by atoms with van der Waals surface area (Å²) < 4.78 is 1.95. The van der Waals surface area contributed by atoms with Gasteiger partial charge in [0.25, 0.3) is 0 Å². The number of nitrogens with one attached hydrogen (secondary N) is 1. The van der Waals surface area contributed by atoms with Crippen LogP contribution >= 0.6 is 0 Å². The quantitative estimate of drug-likeness (QED) is 0.913. The highest BCUT2D eigenvalue weighted by molar-refractivity contribution is 5.34. The Bertz CT molecular complexity index is 596. The van der Waals surface area contributed by atoms with Gasteiger partial charge in [0.15, 0.2) is 5.82 Å². The molecule has 0 aromatic carbocycles. The summed E-state index contributed by atoms with van der Waals surface area (Å²) in [5, 5.41) is 8.19. The molecule has 100 valence electrons. The molecule has 0 saturated heterocycles. The summed E-state index contributed by atoms with van der Waals surface area (Å²) in [5.41, 5.74) is 4.78. The van der Waals surface area contributed by atoms with Crippen molar-refractivity contribution in [1.82, 2.24) is 20.1 Å². The molecule has 2 aromatic heterocycles. The molecule has 1 aliphatic rings. The lowest BCUT2D eigenvalue weighted by Gasteiger charge is -2.06. The third-order valence-corrected chi connectivity index (χ3v) is 3.70. The zero-order valence-corrected chi connectivity index (χ0v) is 11.8. The number of aryl methyl sites for hydroxylation is 2. The molecular weight excluding hydrogens is 236 g/mol. The standard InChI is InChI=1S/C15H20N4/c1-10-6-7-16-15(8-10)19-12(3)14(11(2)18-19)9-17-13-4-5-13/h6-8,13,17H,4-5,9H2,1-3H3. The lowest BCUT2D eigenvalue weighted by atomic mass is 10.2. The molecule has 0 amide bonds. The fraction of sp³-hybridized carbons (Fsp3) is 0.467. The van der Waals surface area contributed by atoms with Crippen LogP contribution in [0, 0.1) is 20.8 Å². The van der Waals surface area contributed by atoms with Crippen molar-refractivity contribution in [2.75, 3.05) is 0 Å². The molecule has 0 aliphatic heterocycles. The Morgan fingerprint density at radius 1 is 1.32 bits per heavy atom. The van der Waals surface area contributed by atoms with E-state index in [0.717, 1.165) is 24.1 Å². The van der Waals surface area contributed by atoms with E-state index >= 15 is 0 Å². The second-order valence-corrected chi connectivity index (χ2v) is 5.41. The van der Waals surface area contributed by atoms with Crippen LogP contribution in [-0.2, 0) is 6.54 Å². The van der Waals surface area contributed by atoms with Crippen LogP contribution < -0.4 is 5.32 Å². The van der Waals surface area contributed by atoms with E-state index < -0.39 is 0 Å². The Morgan fingerprint density at radius 3 is 2.79 bits per heavy atom. The molecule has 19 heavy (non-hydrogen) atoms. The second kappa shape index (κ2) is 4.78. The van der Waals surface area contributed by atoms with E-state index in [9.17, 15) is 0 Å². The van der Waals surface area contributed by atoms with E-state index in [1.54, 1.807) is 0 Å². The Balaban J connectivity index is 1.91. The largest absolute Gasteiger partial charge is 0.310 e. The first-order chi connectivity index (χ1) is 9.15. The molecule has 1 fully saturated rings. The van der Waals surface area contributed by atoms with Gasteiger partial charge in [-0.1, -0.05) is 0 Å². The molecule has 0 spiro atoms. The van der Waals surface area contributed by atoms with E-state index in [4.69, 9.17) is 0 Å². The van der Waals surface area contributed by atoms with Crippen LogP contribution in [0.25, 0.3) is 5.82 Å². The van der Waals surface area contributed by atoms with E-state index in [1.165, 1.54) is 29.7 Å². The SMILES string of the molecule is Cc1ccnc(-n2nc(C)c(CNC3CC3)c2C)c1. The maximum Gasteiger partial charge on any atom is 0.153 e. The van der Waals surface area contributed by atoms with Crippen molar-refractivity contribution < 1.29 is 0 Å². The van der Waals surface area contributed by atoms with Gasteiger partial charge in [-0.15, -0.1) is 0 Å². The van der Waals surface area contributed by atoms with Crippen molar-refractivity contribution >= 4 is 0 Å². The fourth-order valence-corrected chi connectivity index (χ4v) is 2.32. The Kier molecular flexibility index (Phi) is 3.11. The number of nitrogens with zero attached hydrogens (tertiary/aromatic N) is 3. The van der Waals surface area contributed by atoms with Gasteiger partial charge in [0.05, 0.1) is 5.69 Å². The van der Waals surface area contributed by atoms with Crippen molar-refractivity contribution in [3.05, 3.63) is 40.8 Å². The van der Waals surface area contributed by atoms with Gasteiger partial charge in [0.1, 0.15) is 0 Å². The van der Waals surface area contributed by atoms with Gasteiger partial charge in [0.2, 0.25) is 0 Å². The summed E-state index contributed by atoms with van der Waals surface area (Å²) in [6, 6.07) is 4.79. The van der Waals surface area contributed by atoms with Crippen LogP contribution in [0.1, 0.15) is 35.4 Å². The van der Waals surface area contributed by atoms with Gasteiger partial charge in [-0.05, 0) is 51.3 Å². The lowest BCUT2D eigenvalue weighted by molar-refractivity contribution is 0.682. The minimum Gasteiger partial charge on any atom is -0.310 e. The highest BCUT2D eigenvalue weighted by Gasteiger charge is 2.22. The van der Waals surface area contributed by atoms with Crippen LogP contribution in [0.3, 0.4) is 0 Å². The first kappa shape index (κ1) is 12.4.